The molecule has 1 aromatic rings. The summed E-state index contributed by atoms with van der Waals surface area (Å²) in [6.45, 7) is 6.01. The van der Waals surface area contributed by atoms with Gasteiger partial charge in [0, 0.05) is 20.5 Å². The first-order chi connectivity index (χ1) is 8.70. The Morgan fingerprint density at radius 3 is 2.26 bits per heavy atom. The van der Waals surface area contributed by atoms with Gasteiger partial charge in [-0.15, -0.1) is 0 Å². The average Bonchev–Trinajstić information content (AvgIpc) is 2.26. The molecule has 0 atom stereocenters. The first kappa shape index (κ1) is 15.2. The molecule has 0 saturated heterocycles. The van der Waals surface area contributed by atoms with Crippen molar-refractivity contribution in [2.45, 2.75) is 27.2 Å². The predicted octanol–water partition coefficient (Wildman–Crippen LogP) is 2.76. The highest BCUT2D eigenvalue weighted by atomic mass is 16.2. The van der Waals surface area contributed by atoms with E-state index >= 15 is 0 Å². The second-order valence-electron chi connectivity index (χ2n) is 6.03. The quantitative estimate of drug-likeness (QED) is 0.910. The van der Waals surface area contributed by atoms with E-state index in [1.807, 2.05) is 20.8 Å². The highest BCUT2D eigenvalue weighted by Gasteiger charge is 2.18. The zero-order chi connectivity index (χ0) is 14.6. The minimum atomic E-state index is -0.119. The lowest BCUT2D eigenvalue weighted by Crippen LogP contribution is -2.25. The Hall–Kier alpha value is -1.84. The van der Waals surface area contributed by atoms with Gasteiger partial charge in [0.05, 0.1) is 11.3 Å². The summed E-state index contributed by atoms with van der Waals surface area (Å²) in [5.41, 5.74) is 0.995. The van der Waals surface area contributed by atoms with Crippen LogP contribution in [0.25, 0.3) is 0 Å². The van der Waals surface area contributed by atoms with Crippen LogP contribution in [0.2, 0.25) is 0 Å². The molecule has 1 aromatic carbocycles. The standard InChI is InChI=1S/C15H22N2O2/c1-15(2,3)10-13(18)16-12-9-7-6-8-11(12)14(19)17(4)5/h6-9H,10H2,1-5H3,(H,16,18). The minimum Gasteiger partial charge on any atom is -0.345 e. The fraction of sp³-hybridized carbons (Fsp3) is 0.467. The lowest BCUT2D eigenvalue weighted by atomic mass is 9.92. The second kappa shape index (κ2) is 5.87. The summed E-state index contributed by atoms with van der Waals surface area (Å²) in [6, 6.07) is 7.06. The number of amides is 2. The highest BCUT2D eigenvalue weighted by molar-refractivity contribution is 6.03. The van der Waals surface area contributed by atoms with Crippen LogP contribution < -0.4 is 5.32 Å². The van der Waals surface area contributed by atoms with Gasteiger partial charge < -0.3 is 10.2 Å². The van der Waals surface area contributed by atoms with Gasteiger partial charge in [0.2, 0.25) is 5.91 Å². The van der Waals surface area contributed by atoms with Gasteiger partial charge in [0.25, 0.3) is 5.91 Å². The van der Waals surface area contributed by atoms with E-state index in [0.29, 0.717) is 17.7 Å². The van der Waals surface area contributed by atoms with Crippen LogP contribution in [0.15, 0.2) is 24.3 Å². The van der Waals surface area contributed by atoms with Crippen molar-refractivity contribution >= 4 is 17.5 Å². The fourth-order valence-electron chi connectivity index (χ4n) is 1.70. The van der Waals surface area contributed by atoms with Crippen LogP contribution in [-0.2, 0) is 4.79 Å². The Balaban J connectivity index is 2.90. The number of hydrogen-bond donors (Lipinski definition) is 1. The lowest BCUT2D eigenvalue weighted by molar-refractivity contribution is -0.117. The topological polar surface area (TPSA) is 49.4 Å². The number of rotatable bonds is 3. The van der Waals surface area contributed by atoms with E-state index in [2.05, 4.69) is 5.32 Å². The molecular weight excluding hydrogens is 240 g/mol. The van der Waals surface area contributed by atoms with Crippen molar-refractivity contribution in [3.05, 3.63) is 29.8 Å². The maximum absolute atomic E-state index is 12.0. The summed E-state index contributed by atoms with van der Waals surface area (Å²) < 4.78 is 0. The molecule has 0 bridgehead atoms. The van der Waals surface area contributed by atoms with Crippen molar-refractivity contribution in [2.75, 3.05) is 19.4 Å². The van der Waals surface area contributed by atoms with Crippen LogP contribution in [0.3, 0.4) is 0 Å². The van der Waals surface area contributed by atoms with Crippen LogP contribution >= 0.6 is 0 Å². The molecule has 4 heteroatoms. The van der Waals surface area contributed by atoms with Crippen molar-refractivity contribution in [3.63, 3.8) is 0 Å². The smallest absolute Gasteiger partial charge is 0.255 e. The summed E-state index contributed by atoms with van der Waals surface area (Å²) in [5, 5.41) is 2.82. The normalized spacial score (nSPS) is 11.0. The molecule has 0 unspecified atom stereocenters. The number of carbonyl (C=O) groups is 2. The maximum atomic E-state index is 12.0. The van der Waals surface area contributed by atoms with E-state index in [4.69, 9.17) is 0 Å². The lowest BCUT2D eigenvalue weighted by Gasteiger charge is -2.19. The van der Waals surface area contributed by atoms with E-state index in [1.54, 1.807) is 38.4 Å². The third kappa shape index (κ3) is 4.73. The van der Waals surface area contributed by atoms with Crippen LogP contribution in [0, 0.1) is 5.41 Å². The number of hydrogen-bond acceptors (Lipinski definition) is 2. The molecule has 19 heavy (non-hydrogen) atoms. The molecule has 0 aromatic heterocycles. The molecule has 4 nitrogen and oxygen atoms in total. The summed E-state index contributed by atoms with van der Waals surface area (Å²) in [7, 11) is 3.38. The fourth-order valence-corrected chi connectivity index (χ4v) is 1.70. The van der Waals surface area contributed by atoms with E-state index in [-0.39, 0.29) is 17.2 Å². The third-order valence-electron chi connectivity index (χ3n) is 2.53. The van der Waals surface area contributed by atoms with Gasteiger partial charge in [-0.25, -0.2) is 0 Å². The molecule has 0 spiro atoms. The average molecular weight is 262 g/mol. The summed E-state index contributed by atoms with van der Waals surface area (Å²) in [5.74, 6) is -0.196. The van der Waals surface area contributed by atoms with Crippen molar-refractivity contribution in [2.24, 2.45) is 5.41 Å². The number of anilines is 1. The number of carbonyl (C=O) groups excluding carboxylic acids is 2. The molecule has 0 radical (unpaired) electrons. The van der Waals surface area contributed by atoms with Gasteiger partial charge >= 0.3 is 0 Å². The van der Waals surface area contributed by atoms with Gasteiger partial charge in [0.1, 0.15) is 0 Å². The molecule has 1 N–H and O–H groups in total. The summed E-state index contributed by atoms with van der Waals surface area (Å²) in [4.78, 5) is 25.4. The SMILES string of the molecule is CN(C)C(=O)c1ccccc1NC(=O)CC(C)(C)C. The predicted molar refractivity (Wildman–Crippen MR) is 77.2 cm³/mol. The summed E-state index contributed by atoms with van der Waals surface area (Å²) in [6.07, 6.45) is 0.414. The van der Waals surface area contributed by atoms with Crippen LogP contribution in [0.1, 0.15) is 37.6 Å². The number of para-hydroxylation sites is 1. The summed E-state index contributed by atoms with van der Waals surface area (Å²) >= 11 is 0. The Bertz CT molecular complexity index is 473. The zero-order valence-corrected chi connectivity index (χ0v) is 12.3. The molecule has 0 aliphatic heterocycles. The molecule has 0 saturated carbocycles. The molecule has 0 heterocycles. The van der Waals surface area contributed by atoms with Gasteiger partial charge in [-0.3, -0.25) is 9.59 Å². The second-order valence-corrected chi connectivity index (χ2v) is 6.03. The van der Waals surface area contributed by atoms with Crippen molar-refractivity contribution in [1.82, 2.24) is 4.90 Å². The van der Waals surface area contributed by atoms with Gasteiger partial charge in [-0.1, -0.05) is 32.9 Å². The minimum absolute atomic E-state index is 0.0773. The first-order valence-corrected chi connectivity index (χ1v) is 6.31. The number of nitrogens with one attached hydrogen (secondary N) is 1. The van der Waals surface area contributed by atoms with E-state index in [9.17, 15) is 9.59 Å². The van der Waals surface area contributed by atoms with E-state index in [1.165, 1.54) is 4.90 Å². The zero-order valence-electron chi connectivity index (χ0n) is 12.3. The Kier molecular flexibility index (Phi) is 4.70. The Morgan fingerprint density at radius 2 is 1.74 bits per heavy atom. The maximum Gasteiger partial charge on any atom is 0.255 e. The molecular formula is C15H22N2O2. The van der Waals surface area contributed by atoms with Crippen LogP contribution in [0.5, 0.6) is 0 Å². The van der Waals surface area contributed by atoms with Gasteiger partial charge in [-0.05, 0) is 17.5 Å². The van der Waals surface area contributed by atoms with Crippen molar-refractivity contribution in [1.29, 1.82) is 0 Å². The molecule has 104 valence electrons. The monoisotopic (exact) mass is 262 g/mol. The molecule has 0 aliphatic carbocycles. The molecule has 0 fully saturated rings. The van der Waals surface area contributed by atoms with Crippen molar-refractivity contribution in [3.8, 4) is 0 Å². The van der Waals surface area contributed by atoms with E-state index < -0.39 is 0 Å². The first-order valence-electron chi connectivity index (χ1n) is 6.31. The Morgan fingerprint density at radius 1 is 1.16 bits per heavy atom. The largest absolute Gasteiger partial charge is 0.345 e. The molecule has 2 amide bonds. The van der Waals surface area contributed by atoms with Crippen molar-refractivity contribution < 1.29 is 9.59 Å². The third-order valence-corrected chi connectivity index (χ3v) is 2.53. The van der Waals surface area contributed by atoms with Gasteiger partial charge in [-0.2, -0.15) is 0 Å². The Labute approximate surface area is 114 Å². The van der Waals surface area contributed by atoms with E-state index in [0.717, 1.165) is 0 Å². The molecule has 0 aliphatic rings. The van der Waals surface area contributed by atoms with Gasteiger partial charge in [0.15, 0.2) is 0 Å². The van der Waals surface area contributed by atoms with Crippen LogP contribution in [0.4, 0.5) is 5.69 Å². The van der Waals surface area contributed by atoms with Crippen LogP contribution in [-0.4, -0.2) is 30.8 Å². The number of nitrogens with zero attached hydrogens (tertiary/aromatic N) is 1. The molecule has 1 rings (SSSR count). The highest BCUT2D eigenvalue weighted by Crippen LogP contribution is 2.21. The number of benzene rings is 1.